The summed E-state index contributed by atoms with van der Waals surface area (Å²) in [7, 11) is 0. The summed E-state index contributed by atoms with van der Waals surface area (Å²) >= 11 is 0. The highest BCUT2D eigenvalue weighted by Gasteiger charge is 2.28. The Morgan fingerprint density at radius 3 is 2.62 bits per heavy atom. The first-order valence-corrected chi connectivity index (χ1v) is 5.74. The molecule has 0 aromatic rings. The van der Waals surface area contributed by atoms with Crippen molar-refractivity contribution in [1.82, 2.24) is 10.2 Å². The predicted octanol–water partition coefficient (Wildman–Crippen LogP) is 0.308. The summed E-state index contributed by atoms with van der Waals surface area (Å²) < 4.78 is 0. The van der Waals surface area contributed by atoms with Crippen LogP contribution in [0.2, 0.25) is 0 Å². The van der Waals surface area contributed by atoms with Crippen LogP contribution in [0.4, 0.5) is 0 Å². The molecule has 1 unspecified atom stereocenters. The van der Waals surface area contributed by atoms with Crippen molar-refractivity contribution in [3.05, 3.63) is 0 Å². The van der Waals surface area contributed by atoms with Crippen LogP contribution in [0.15, 0.2) is 0 Å². The molecule has 0 spiro atoms. The fourth-order valence-corrected chi connectivity index (χ4v) is 1.95. The Balaban J connectivity index is 2.58. The minimum atomic E-state index is -0.952. The highest BCUT2D eigenvalue weighted by Crippen LogP contribution is 2.10. The lowest BCUT2D eigenvalue weighted by Gasteiger charge is -2.25. The fourth-order valence-electron chi connectivity index (χ4n) is 1.95. The van der Waals surface area contributed by atoms with Gasteiger partial charge in [-0.05, 0) is 25.3 Å². The number of amides is 1. The first-order valence-electron chi connectivity index (χ1n) is 5.74. The van der Waals surface area contributed by atoms with Crippen molar-refractivity contribution in [2.75, 3.05) is 19.6 Å². The molecule has 1 aliphatic rings. The Kier molecular flexibility index (Phi) is 4.73. The summed E-state index contributed by atoms with van der Waals surface area (Å²) in [6.45, 7) is 5.10. The van der Waals surface area contributed by atoms with E-state index in [1.54, 1.807) is 0 Å². The van der Waals surface area contributed by atoms with Crippen LogP contribution >= 0.6 is 0 Å². The summed E-state index contributed by atoms with van der Waals surface area (Å²) in [5, 5.41) is 11.9. The number of hydrogen-bond donors (Lipinski definition) is 2. The lowest BCUT2D eigenvalue weighted by Crippen LogP contribution is -2.47. The molecule has 5 heteroatoms. The highest BCUT2D eigenvalue weighted by molar-refractivity contribution is 5.85. The molecule has 1 rings (SSSR count). The second-order valence-corrected chi connectivity index (χ2v) is 4.66. The van der Waals surface area contributed by atoms with Crippen LogP contribution in [0.5, 0.6) is 0 Å². The minimum Gasteiger partial charge on any atom is -0.480 e. The first-order chi connectivity index (χ1) is 7.50. The van der Waals surface area contributed by atoms with E-state index in [-0.39, 0.29) is 24.4 Å². The number of nitrogens with one attached hydrogen (secondary N) is 1. The van der Waals surface area contributed by atoms with E-state index in [9.17, 15) is 9.59 Å². The topological polar surface area (TPSA) is 69.6 Å². The van der Waals surface area contributed by atoms with Crippen LogP contribution in [0, 0.1) is 5.92 Å². The second-order valence-electron chi connectivity index (χ2n) is 4.66. The van der Waals surface area contributed by atoms with Crippen LogP contribution in [0.25, 0.3) is 0 Å². The van der Waals surface area contributed by atoms with E-state index in [4.69, 9.17) is 5.11 Å². The molecule has 92 valence electrons. The number of carbonyl (C=O) groups excluding carboxylic acids is 1. The zero-order chi connectivity index (χ0) is 12.1. The predicted molar refractivity (Wildman–Crippen MR) is 60.1 cm³/mol. The third kappa shape index (κ3) is 3.81. The van der Waals surface area contributed by atoms with E-state index in [0.29, 0.717) is 6.54 Å². The molecule has 1 amide bonds. The number of carboxylic acids is 1. The number of rotatable bonds is 5. The van der Waals surface area contributed by atoms with E-state index in [1.165, 1.54) is 4.90 Å². The molecular formula is C11H20N2O3. The van der Waals surface area contributed by atoms with Crippen LogP contribution in [-0.4, -0.2) is 47.6 Å². The molecule has 1 atom stereocenters. The van der Waals surface area contributed by atoms with Crippen LogP contribution < -0.4 is 5.32 Å². The molecule has 2 N–H and O–H groups in total. The number of nitrogens with zero attached hydrogens (tertiary/aromatic N) is 1. The van der Waals surface area contributed by atoms with E-state index < -0.39 is 5.97 Å². The van der Waals surface area contributed by atoms with Gasteiger partial charge in [0.05, 0.1) is 6.04 Å². The molecule has 0 aromatic carbocycles. The number of hydrogen-bond acceptors (Lipinski definition) is 3. The summed E-state index contributed by atoms with van der Waals surface area (Å²) in [6, 6.07) is -0.182. The summed E-state index contributed by atoms with van der Waals surface area (Å²) in [5.41, 5.74) is 0. The van der Waals surface area contributed by atoms with Crippen molar-refractivity contribution in [2.45, 2.75) is 32.7 Å². The second kappa shape index (κ2) is 5.84. The highest BCUT2D eigenvalue weighted by atomic mass is 16.4. The van der Waals surface area contributed by atoms with Crippen molar-refractivity contribution in [3.63, 3.8) is 0 Å². The lowest BCUT2D eigenvalue weighted by molar-refractivity contribution is -0.145. The van der Waals surface area contributed by atoms with Gasteiger partial charge in [0.25, 0.3) is 0 Å². The molecule has 5 nitrogen and oxygen atoms in total. The molecule has 1 fully saturated rings. The molecule has 1 heterocycles. The first kappa shape index (κ1) is 13.0. The minimum absolute atomic E-state index is 0.0754. The van der Waals surface area contributed by atoms with Gasteiger partial charge in [0.15, 0.2) is 0 Å². The quantitative estimate of drug-likeness (QED) is 0.710. The third-order valence-corrected chi connectivity index (χ3v) is 2.58. The van der Waals surface area contributed by atoms with Crippen molar-refractivity contribution in [3.8, 4) is 0 Å². The smallest absolute Gasteiger partial charge is 0.323 e. The Bertz CT molecular complexity index is 260. The Hall–Kier alpha value is -1.10. The van der Waals surface area contributed by atoms with Gasteiger partial charge in [-0.3, -0.25) is 9.59 Å². The number of carboxylic acid groups (broad SMARTS) is 1. The Morgan fingerprint density at radius 1 is 1.50 bits per heavy atom. The molecule has 1 saturated heterocycles. The van der Waals surface area contributed by atoms with Crippen molar-refractivity contribution in [1.29, 1.82) is 0 Å². The maximum absolute atomic E-state index is 12.0. The molecular weight excluding hydrogens is 208 g/mol. The van der Waals surface area contributed by atoms with E-state index >= 15 is 0 Å². The van der Waals surface area contributed by atoms with Crippen LogP contribution in [0.3, 0.4) is 0 Å². The monoisotopic (exact) mass is 228 g/mol. The zero-order valence-electron chi connectivity index (χ0n) is 9.90. The van der Waals surface area contributed by atoms with E-state index in [0.717, 1.165) is 19.4 Å². The molecule has 0 radical (unpaired) electrons. The van der Waals surface area contributed by atoms with Gasteiger partial charge in [0.1, 0.15) is 6.54 Å². The van der Waals surface area contributed by atoms with Gasteiger partial charge in [0, 0.05) is 6.54 Å². The summed E-state index contributed by atoms with van der Waals surface area (Å²) in [6.07, 6.45) is 1.80. The van der Waals surface area contributed by atoms with E-state index in [2.05, 4.69) is 5.32 Å². The van der Waals surface area contributed by atoms with E-state index in [1.807, 2.05) is 13.8 Å². The third-order valence-electron chi connectivity index (χ3n) is 2.58. The van der Waals surface area contributed by atoms with Gasteiger partial charge in [-0.2, -0.15) is 0 Å². The maximum atomic E-state index is 12.0. The van der Waals surface area contributed by atoms with Crippen molar-refractivity contribution < 1.29 is 14.7 Å². The molecule has 0 saturated carbocycles. The normalized spacial score (nSPS) is 20.1. The van der Waals surface area contributed by atoms with Gasteiger partial charge >= 0.3 is 5.97 Å². The van der Waals surface area contributed by atoms with Gasteiger partial charge in [-0.25, -0.2) is 0 Å². The maximum Gasteiger partial charge on any atom is 0.323 e. The number of carbonyl (C=O) groups is 2. The molecule has 0 aliphatic carbocycles. The van der Waals surface area contributed by atoms with Gasteiger partial charge < -0.3 is 15.3 Å². The summed E-state index contributed by atoms with van der Waals surface area (Å²) in [5.74, 6) is -0.745. The standard InChI is InChI=1S/C11H20N2O3/c1-8(2)6-13(7-10(14)15)11(16)9-4-3-5-12-9/h8-9,12H,3-7H2,1-2H3,(H,14,15). The molecule has 0 bridgehead atoms. The molecule has 1 aliphatic heterocycles. The Labute approximate surface area is 95.8 Å². The fraction of sp³-hybridized carbons (Fsp3) is 0.818. The average Bonchev–Trinajstić information content (AvgIpc) is 2.66. The van der Waals surface area contributed by atoms with Gasteiger partial charge in [0.2, 0.25) is 5.91 Å². The zero-order valence-corrected chi connectivity index (χ0v) is 9.90. The molecule has 0 aromatic heterocycles. The van der Waals surface area contributed by atoms with Gasteiger partial charge in [-0.15, -0.1) is 0 Å². The van der Waals surface area contributed by atoms with Crippen LogP contribution in [0.1, 0.15) is 26.7 Å². The largest absolute Gasteiger partial charge is 0.480 e. The van der Waals surface area contributed by atoms with Gasteiger partial charge in [-0.1, -0.05) is 13.8 Å². The SMILES string of the molecule is CC(C)CN(CC(=O)O)C(=O)C1CCCN1. The lowest BCUT2D eigenvalue weighted by atomic mass is 10.1. The molecule has 16 heavy (non-hydrogen) atoms. The van der Waals surface area contributed by atoms with Crippen molar-refractivity contribution in [2.24, 2.45) is 5.92 Å². The van der Waals surface area contributed by atoms with Crippen LogP contribution in [-0.2, 0) is 9.59 Å². The average molecular weight is 228 g/mol. The number of aliphatic carboxylic acids is 1. The van der Waals surface area contributed by atoms with Crippen molar-refractivity contribution >= 4 is 11.9 Å². The Morgan fingerprint density at radius 2 is 2.19 bits per heavy atom. The summed E-state index contributed by atoms with van der Waals surface area (Å²) in [4.78, 5) is 24.2.